The van der Waals surface area contributed by atoms with E-state index >= 15 is 0 Å². The van der Waals surface area contributed by atoms with Gasteiger partial charge in [0.05, 0.1) is 7.11 Å². The molecule has 30 heavy (non-hydrogen) atoms. The van der Waals surface area contributed by atoms with Gasteiger partial charge in [0.25, 0.3) is 0 Å². The van der Waals surface area contributed by atoms with Gasteiger partial charge < -0.3 is 21.1 Å². The van der Waals surface area contributed by atoms with Gasteiger partial charge in [0.15, 0.2) is 5.96 Å². The molecule has 9 nitrogen and oxygen atoms in total. The van der Waals surface area contributed by atoms with E-state index in [4.69, 9.17) is 15.9 Å². The number of aliphatic imine (C=N–C) groups is 2. The molecule has 2 amide bonds. The molecule has 6 N–H and O–H groups in total. The van der Waals surface area contributed by atoms with Gasteiger partial charge in [-0.15, -0.1) is 0 Å². The minimum absolute atomic E-state index is 0.276. The summed E-state index contributed by atoms with van der Waals surface area (Å²) in [5.41, 5.74) is 8.35. The van der Waals surface area contributed by atoms with Crippen molar-refractivity contribution in [3.05, 3.63) is 66.2 Å². The number of carbonyl (C=O) groups excluding carboxylic acids is 1. The molecule has 0 bridgehead atoms. The second-order valence-electron chi connectivity index (χ2n) is 6.11. The molecule has 0 aliphatic carbocycles. The number of hydrogen-bond acceptors (Lipinski definition) is 4. The van der Waals surface area contributed by atoms with Crippen molar-refractivity contribution in [1.82, 2.24) is 10.6 Å². The first kappa shape index (κ1) is 22.2. The number of guanidine groups is 2. The summed E-state index contributed by atoms with van der Waals surface area (Å²) in [6.45, 7) is 4.32. The number of benzene rings is 2. The molecule has 0 aliphatic heterocycles. The minimum atomic E-state index is -0.540. The summed E-state index contributed by atoms with van der Waals surface area (Å²) in [6.07, 6.45) is 1.62. The monoisotopic (exact) mass is 407 g/mol. The molecule has 2 aromatic carbocycles. The van der Waals surface area contributed by atoms with Gasteiger partial charge in [0.1, 0.15) is 5.75 Å². The zero-order valence-corrected chi connectivity index (χ0v) is 16.9. The number of rotatable bonds is 6. The summed E-state index contributed by atoms with van der Waals surface area (Å²) in [4.78, 5) is 20.0. The number of hydrogen-bond donors (Lipinski definition) is 5. The van der Waals surface area contributed by atoms with Crippen molar-refractivity contribution in [2.75, 3.05) is 19.5 Å². The molecule has 0 heterocycles. The Balaban J connectivity index is 1.98. The van der Waals surface area contributed by atoms with Crippen molar-refractivity contribution in [3.8, 4) is 5.75 Å². The molecule has 0 atom stereocenters. The summed E-state index contributed by atoms with van der Waals surface area (Å²) in [7, 11) is 3.26. The van der Waals surface area contributed by atoms with Gasteiger partial charge in [0, 0.05) is 25.5 Å². The number of nitrogens with zero attached hydrogens (tertiary/aromatic N) is 2. The first-order valence-electron chi connectivity index (χ1n) is 9.00. The molecular weight excluding hydrogens is 382 g/mol. The molecule has 0 fully saturated rings. The van der Waals surface area contributed by atoms with Crippen LogP contribution in [-0.2, 0) is 6.54 Å². The minimum Gasteiger partial charge on any atom is -0.497 e. The Morgan fingerprint density at radius 3 is 2.63 bits per heavy atom. The highest BCUT2D eigenvalue weighted by atomic mass is 16.5. The van der Waals surface area contributed by atoms with Crippen molar-refractivity contribution in [2.45, 2.75) is 6.54 Å². The quantitative estimate of drug-likeness (QED) is 0.371. The maximum atomic E-state index is 11.5. The highest BCUT2D eigenvalue weighted by Gasteiger charge is 2.04. The zero-order chi connectivity index (χ0) is 21.9. The van der Waals surface area contributed by atoms with Crippen LogP contribution in [0.25, 0.3) is 5.57 Å². The van der Waals surface area contributed by atoms with Crippen LogP contribution in [-0.4, -0.2) is 38.3 Å². The fraction of sp³-hybridized carbons (Fsp3) is 0.143. The van der Waals surface area contributed by atoms with E-state index in [2.05, 4.69) is 32.5 Å². The van der Waals surface area contributed by atoms with E-state index in [-0.39, 0.29) is 6.54 Å². The third kappa shape index (κ3) is 7.12. The van der Waals surface area contributed by atoms with E-state index in [1.54, 1.807) is 20.4 Å². The SMILES string of the molecule is C=C(/C=N\C(=N/C)Nc1ccc(OC)cc1)c1cccc(CNC(=O)NC(=N)N)c1. The van der Waals surface area contributed by atoms with Gasteiger partial charge >= 0.3 is 6.03 Å². The first-order valence-corrected chi connectivity index (χ1v) is 9.00. The highest BCUT2D eigenvalue weighted by Crippen LogP contribution is 2.16. The molecule has 0 aromatic heterocycles. The van der Waals surface area contributed by atoms with Crippen LogP contribution in [0, 0.1) is 5.41 Å². The fourth-order valence-electron chi connectivity index (χ4n) is 2.39. The molecule has 2 rings (SSSR count). The van der Waals surface area contributed by atoms with Crippen LogP contribution in [0.5, 0.6) is 5.75 Å². The molecule has 156 valence electrons. The van der Waals surface area contributed by atoms with Gasteiger partial charge in [-0.3, -0.25) is 15.7 Å². The van der Waals surface area contributed by atoms with Crippen LogP contribution >= 0.6 is 0 Å². The Kier molecular flexibility index (Phi) is 8.13. The molecular formula is C21H25N7O2. The van der Waals surface area contributed by atoms with E-state index in [1.165, 1.54) is 0 Å². The molecule has 0 unspecified atom stereocenters. The lowest BCUT2D eigenvalue weighted by Crippen LogP contribution is -2.42. The van der Waals surface area contributed by atoms with E-state index in [0.717, 1.165) is 22.6 Å². The van der Waals surface area contributed by atoms with Gasteiger partial charge in [0.2, 0.25) is 5.96 Å². The van der Waals surface area contributed by atoms with Crippen molar-refractivity contribution in [1.29, 1.82) is 5.41 Å². The average Bonchev–Trinajstić information content (AvgIpc) is 2.75. The number of urea groups is 1. The predicted octanol–water partition coefficient (Wildman–Crippen LogP) is 2.57. The fourth-order valence-corrected chi connectivity index (χ4v) is 2.39. The molecule has 0 aliphatic rings. The third-order valence-corrected chi connectivity index (χ3v) is 3.90. The molecule has 9 heteroatoms. The first-order chi connectivity index (χ1) is 14.4. The Hall–Kier alpha value is -4.14. The lowest BCUT2D eigenvalue weighted by Gasteiger charge is -2.08. The van der Waals surface area contributed by atoms with Crippen LogP contribution in [0.4, 0.5) is 10.5 Å². The van der Waals surface area contributed by atoms with E-state index in [1.807, 2.05) is 48.5 Å². The number of ether oxygens (including phenoxy) is 1. The van der Waals surface area contributed by atoms with Crippen LogP contribution < -0.4 is 26.4 Å². The Morgan fingerprint density at radius 1 is 1.27 bits per heavy atom. The van der Waals surface area contributed by atoms with Crippen LogP contribution in [0.2, 0.25) is 0 Å². The molecule has 0 saturated heterocycles. The molecule has 0 radical (unpaired) electrons. The molecule has 2 aromatic rings. The lowest BCUT2D eigenvalue weighted by molar-refractivity contribution is 0.245. The maximum Gasteiger partial charge on any atom is 0.321 e. The van der Waals surface area contributed by atoms with Crippen molar-refractivity contribution < 1.29 is 9.53 Å². The standard InChI is InChI=1S/C21H25N7O2/c1-14(12-25-20(24-2)27-17-7-9-18(30-3)10-8-17)16-6-4-5-15(11-16)13-26-21(29)28-19(22)23/h4-12H,1,13H2,2-3H3,(H,24,27)(H5,22,23,26,28,29)/b25-12-. The number of amides is 2. The zero-order valence-electron chi connectivity index (χ0n) is 16.9. The topological polar surface area (TPSA) is 137 Å². The number of nitrogens with two attached hydrogens (primary N) is 1. The summed E-state index contributed by atoms with van der Waals surface area (Å²) in [5.74, 6) is 0.781. The number of nitrogens with one attached hydrogen (secondary N) is 4. The number of anilines is 1. The smallest absolute Gasteiger partial charge is 0.321 e. The second kappa shape index (κ2) is 11.0. The van der Waals surface area contributed by atoms with Crippen molar-refractivity contribution >= 4 is 35.4 Å². The van der Waals surface area contributed by atoms with Gasteiger partial charge in [-0.05, 0) is 47.0 Å². The summed E-state index contributed by atoms with van der Waals surface area (Å²) >= 11 is 0. The molecule has 0 saturated carbocycles. The number of allylic oxidation sites excluding steroid dienone is 1. The molecule has 0 spiro atoms. The highest BCUT2D eigenvalue weighted by molar-refractivity contribution is 6.14. The average molecular weight is 407 g/mol. The number of carbonyl (C=O) groups is 1. The van der Waals surface area contributed by atoms with Crippen molar-refractivity contribution in [2.24, 2.45) is 15.7 Å². The Bertz CT molecular complexity index is 966. The Labute approximate surface area is 175 Å². The van der Waals surface area contributed by atoms with Gasteiger partial charge in [-0.25, -0.2) is 9.79 Å². The van der Waals surface area contributed by atoms with E-state index < -0.39 is 12.0 Å². The van der Waals surface area contributed by atoms with Crippen LogP contribution in [0.3, 0.4) is 0 Å². The van der Waals surface area contributed by atoms with E-state index in [9.17, 15) is 4.79 Å². The predicted molar refractivity (Wildman–Crippen MR) is 121 cm³/mol. The van der Waals surface area contributed by atoms with Gasteiger partial charge in [-0.2, -0.15) is 0 Å². The van der Waals surface area contributed by atoms with E-state index in [0.29, 0.717) is 11.5 Å². The largest absolute Gasteiger partial charge is 0.497 e. The normalized spacial score (nSPS) is 11.1. The summed E-state index contributed by atoms with van der Waals surface area (Å²) < 4.78 is 5.14. The third-order valence-electron chi connectivity index (χ3n) is 3.90. The van der Waals surface area contributed by atoms with Crippen LogP contribution in [0.15, 0.2) is 65.1 Å². The van der Waals surface area contributed by atoms with Crippen LogP contribution in [0.1, 0.15) is 11.1 Å². The van der Waals surface area contributed by atoms with Crippen molar-refractivity contribution in [3.63, 3.8) is 0 Å². The lowest BCUT2D eigenvalue weighted by atomic mass is 10.1. The second-order valence-corrected chi connectivity index (χ2v) is 6.11. The Morgan fingerprint density at radius 2 is 2.00 bits per heavy atom. The van der Waals surface area contributed by atoms with Gasteiger partial charge in [-0.1, -0.05) is 24.8 Å². The number of methoxy groups -OCH3 is 1. The summed E-state index contributed by atoms with van der Waals surface area (Å²) in [5, 5.41) is 14.9. The summed E-state index contributed by atoms with van der Waals surface area (Å²) in [6, 6.07) is 14.4. The maximum absolute atomic E-state index is 11.5.